The fourth-order valence-corrected chi connectivity index (χ4v) is 3.84. The van der Waals surface area contributed by atoms with E-state index in [1.807, 2.05) is 23.1 Å². The summed E-state index contributed by atoms with van der Waals surface area (Å²) in [5, 5.41) is 11.0. The number of guanidine groups is 1. The average Bonchev–Trinajstić information content (AvgIpc) is 3.45. The number of aromatic nitrogens is 2. The lowest BCUT2D eigenvalue weighted by Gasteiger charge is -2.19. The maximum absolute atomic E-state index is 4.31. The minimum absolute atomic E-state index is 0.756. The molecule has 0 saturated carbocycles. The Kier molecular flexibility index (Phi) is 6.65. The Morgan fingerprint density at radius 2 is 1.87 bits per heavy atom. The van der Waals surface area contributed by atoms with Crippen molar-refractivity contribution >= 4 is 11.6 Å². The summed E-state index contributed by atoms with van der Waals surface area (Å²) in [5.41, 5.74) is 5.43. The normalized spacial score (nSPS) is 13.4. The first-order valence-electron chi connectivity index (χ1n) is 10.6. The monoisotopic (exact) mass is 402 g/mol. The molecule has 0 bridgehead atoms. The number of nitrogens with zero attached hydrogens (tertiary/aromatic N) is 4. The van der Waals surface area contributed by atoms with E-state index in [1.165, 1.54) is 22.4 Å². The van der Waals surface area contributed by atoms with Crippen LogP contribution in [0.3, 0.4) is 0 Å². The van der Waals surface area contributed by atoms with Gasteiger partial charge in [-0.2, -0.15) is 5.10 Å². The van der Waals surface area contributed by atoms with Gasteiger partial charge in [0.1, 0.15) is 0 Å². The molecule has 6 heteroatoms. The zero-order chi connectivity index (χ0) is 20.6. The van der Waals surface area contributed by atoms with Crippen LogP contribution in [0.15, 0.2) is 72.0 Å². The van der Waals surface area contributed by atoms with Crippen molar-refractivity contribution in [1.29, 1.82) is 0 Å². The van der Waals surface area contributed by atoms with E-state index in [4.69, 9.17) is 0 Å². The third-order valence-electron chi connectivity index (χ3n) is 5.48. The van der Waals surface area contributed by atoms with Crippen LogP contribution < -0.4 is 15.5 Å². The fraction of sp³-hybridized carbons (Fsp3) is 0.333. The van der Waals surface area contributed by atoms with Gasteiger partial charge in [0.2, 0.25) is 0 Å². The molecule has 3 aromatic rings. The van der Waals surface area contributed by atoms with Crippen molar-refractivity contribution in [2.24, 2.45) is 4.99 Å². The van der Waals surface area contributed by atoms with Gasteiger partial charge in [-0.3, -0.25) is 9.67 Å². The van der Waals surface area contributed by atoms with Crippen LogP contribution in [-0.4, -0.2) is 35.9 Å². The molecule has 1 aliphatic rings. The van der Waals surface area contributed by atoms with Gasteiger partial charge in [-0.15, -0.1) is 0 Å². The summed E-state index contributed by atoms with van der Waals surface area (Å²) in [6, 6.07) is 19.6. The first-order valence-corrected chi connectivity index (χ1v) is 10.6. The van der Waals surface area contributed by atoms with Gasteiger partial charge in [0.25, 0.3) is 0 Å². The molecular formula is C24H30N6. The number of fused-ring (bicyclic) bond motifs is 1. The van der Waals surface area contributed by atoms with Crippen LogP contribution in [0.5, 0.6) is 0 Å². The van der Waals surface area contributed by atoms with Crippen molar-refractivity contribution in [1.82, 2.24) is 20.4 Å². The molecule has 156 valence electrons. The van der Waals surface area contributed by atoms with Crippen LogP contribution in [0.2, 0.25) is 0 Å². The van der Waals surface area contributed by atoms with Crippen molar-refractivity contribution < 1.29 is 0 Å². The molecular weight excluding hydrogens is 372 g/mol. The van der Waals surface area contributed by atoms with Crippen LogP contribution >= 0.6 is 0 Å². The van der Waals surface area contributed by atoms with E-state index in [0.29, 0.717) is 0 Å². The largest absolute Gasteiger partial charge is 0.367 e. The summed E-state index contributed by atoms with van der Waals surface area (Å²) in [6.07, 6.45) is 5.94. The highest BCUT2D eigenvalue weighted by molar-refractivity contribution is 5.79. The number of hydrogen-bond acceptors (Lipinski definition) is 3. The second-order valence-corrected chi connectivity index (χ2v) is 7.59. The van der Waals surface area contributed by atoms with Crippen LogP contribution in [0.1, 0.15) is 23.1 Å². The molecule has 1 aliphatic heterocycles. The molecule has 2 N–H and O–H groups in total. The number of aliphatic imine (C=N–C) groups is 1. The summed E-state index contributed by atoms with van der Waals surface area (Å²) in [4.78, 5) is 6.78. The van der Waals surface area contributed by atoms with Crippen LogP contribution in [0.25, 0.3) is 0 Å². The zero-order valence-electron chi connectivity index (χ0n) is 17.6. The highest BCUT2D eigenvalue weighted by Gasteiger charge is 2.18. The van der Waals surface area contributed by atoms with Gasteiger partial charge < -0.3 is 15.5 Å². The highest BCUT2D eigenvalue weighted by atomic mass is 15.3. The quantitative estimate of drug-likeness (QED) is 0.345. The Hall–Kier alpha value is -3.28. The second kappa shape index (κ2) is 9.96. The summed E-state index contributed by atoms with van der Waals surface area (Å²) < 4.78 is 1.94. The van der Waals surface area contributed by atoms with E-state index in [-0.39, 0.29) is 0 Å². The lowest BCUT2D eigenvalue weighted by molar-refractivity contribution is 0.570. The van der Waals surface area contributed by atoms with E-state index in [1.54, 1.807) is 7.05 Å². The van der Waals surface area contributed by atoms with Crippen LogP contribution in [-0.2, 0) is 26.1 Å². The van der Waals surface area contributed by atoms with Gasteiger partial charge in [0.05, 0.1) is 0 Å². The minimum atomic E-state index is 0.756. The maximum atomic E-state index is 4.31. The predicted octanol–water partition coefficient (Wildman–Crippen LogP) is 3.20. The predicted molar refractivity (Wildman–Crippen MR) is 123 cm³/mol. The molecule has 0 fully saturated rings. The van der Waals surface area contributed by atoms with E-state index >= 15 is 0 Å². The molecule has 2 aromatic carbocycles. The smallest absolute Gasteiger partial charge is 0.191 e. The number of hydrogen-bond donors (Lipinski definition) is 2. The fourth-order valence-electron chi connectivity index (χ4n) is 3.84. The topological polar surface area (TPSA) is 57.5 Å². The van der Waals surface area contributed by atoms with Gasteiger partial charge in [-0.1, -0.05) is 42.5 Å². The van der Waals surface area contributed by atoms with Crippen molar-refractivity contribution in [3.8, 4) is 0 Å². The molecule has 0 aliphatic carbocycles. The molecule has 0 radical (unpaired) electrons. The number of aryl methyl sites for hydroxylation is 1. The van der Waals surface area contributed by atoms with Crippen molar-refractivity contribution in [3.05, 3.63) is 83.7 Å². The number of rotatable bonds is 8. The Morgan fingerprint density at radius 1 is 1.03 bits per heavy atom. The third kappa shape index (κ3) is 5.20. The minimum Gasteiger partial charge on any atom is -0.367 e. The summed E-state index contributed by atoms with van der Waals surface area (Å²) in [7, 11) is 1.81. The zero-order valence-corrected chi connectivity index (χ0v) is 17.6. The highest BCUT2D eigenvalue weighted by Crippen LogP contribution is 2.28. The molecule has 0 amide bonds. The average molecular weight is 403 g/mol. The SMILES string of the molecule is CN=C(NCCCn1cccn1)NCc1ccc(CN2CCc3ccccc32)cc1. The van der Waals surface area contributed by atoms with Gasteiger partial charge >= 0.3 is 0 Å². The lowest BCUT2D eigenvalue weighted by Crippen LogP contribution is -2.37. The molecule has 0 spiro atoms. The number of para-hydroxylation sites is 1. The molecule has 1 aromatic heterocycles. The molecule has 0 atom stereocenters. The van der Waals surface area contributed by atoms with Crippen molar-refractivity contribution in [2.45, 2.75) is 32.5 Å². The third-order valence-corrected chi connectivity index (χ3v) is 5.48. The maximum Gasteiger partial charge on any atom is 0.191 e. The lowest BCUT2D eigenvalue weighted by atomic mass is 10.1. The molecule has 0 saturated heterocycles. The van der Waals surface area contributed by atoms with Crippen molar-refractivity contribution in [2.75, 3.05) is 25.0 Å². The van der Waals surface area contributed by atoms with Gasteiger partial charge in [0, 0.05) is 57.9 Å². The van der Waals surface area contributed by atoms with E-state index in [0.717, 1.165) is 51.5 Å². The number of benzene rings is 2. The van der Waals surface area contributed by atoms with Gasteiger partial charge in [-0.05, 0) is 41.7 Å². The molecule has 6 nitrogen and oxygen atoms in total. The molecule has 30 heavy (non-hydrogen) atoms. The van der Waals surface area contributed by atoms with Crippen LogP contribution in [0, 0.1) is 0 Å². The molecule has 0 unspecified atom stereocenters. The molecule has 2 heterocycles. The Bertz CT molecular complexity index is 946. The molecule has 4 rings (SSSR count). The first kappa shape index (κ1) is 20.0. The Labute approximate surface area is 178 Å². The van der Waals surface area contributed by atoms with Gasteiger partial charge in [0.15, 0.2) is 5.96 Å². The van der Waals surface area contributed by atoms with Crippen molar-refractivity contribution in [3.63, 3.8) is 0 Å². The summed E-state index contributed by atoms with van der Waals surface area (Å²) in [6.45, 7) is 4.58. The van der Waals surface area contributed by atoms with E-state index in [2.05, 4.69) is 74.2 Å². The van der Waals surface area contributed by atoms with Gasteiger partial charge in [-0.25, -0.2) is 0 Å². The Balaban J connectivity index is 1.21. The Morgan fingerprint density at radius 3 is 2.67 bits per heavy atom. The summed E-state index contributed by atoms with van der Waals surface area (Å²) >= 11 is 0. The van der Waals surface area contributed by atoms with Crippen LogP contribution in [0.4, 0.5) is 5.69 Å². The standard InChI is InChI=1S/C24H30N6/c1-25-24(26-13-4-15-30-16-5-14-28-30)27-18-20-8-10-21(11-9-20)19-29-17-12-22-6-2-3-7-23(22)29/h2-3,5-11,14,16H,4,12-13,15,17-19H2,1H3,(H2,25,26,27). The van der Waals surface area contributed by atoms with E-state index in [9.17, 15) is 0 Å². The number of nitrogens with one attached hydrogen (secondary N) is 2. The number of anilines is 1. The first-order chi connectivity index (χ1) is 14.8. The summed E-state index contributed by atoms with van der Waals surface area (Å²) in [5.74, 6) is 0.827. The second-order valence-electron chi connectivity index (χ2n) is 7.59. The van der Waals surface area contributed by atoms with E-state index < -0.39 is 0 Å².